The minimum absolute atomic E-state index is 0.0693. The zero-order valence-corrected chi connectivity index (χ0v) is 15.9. The summed E-state index contributed by atoms with van der Waals surface area (Å²) in [6.07, 6.45) is 7.00. The van der Waals surface area contributed by atoms with E-state index in [-0.39, 0.29) is 12.0 Å². The van der Waals surface area contributed by atoms with Crippen molar-refractivity contribution in [3.63, 3.8) is 0 Å². The summed E-state index contributed by atoms with van der Waals surface area (Å²) in [6, 6.07) is 10.3. The molecule has 2 aliphatic rings. The van der Waals surface area contributed by atoms with E-state index < -0.39 is 0 Å². The lowest BCUT2D eigenvalue weighted by Crippen LogP contribution is -2.55. The molecule has 1 amide bonds. The lowest BCUT2D eigenvalue weighted by atomic mass is 10.1. The molecule has 1 aliphatic heterocycles. The van der Waals surface area contributed by atoms with Crippen LogP contribution in [0.5, 0.6) is 5.88 Å². The molecule has 3 aromatic rings. The second-order valence-electron chi connectivity index (χ2n) is 7.47. The van der Waals surface area contributed by atoms with Crippen LogP contribution in [0.3, 0.4) is 0 Å². The van der Waals surface area contributed by atoms with Crippen LogP contribution >= 0.6 is 0 Å². The minimum atomic E-state index is -0.0790. The van der Waals surface area contributed by atoms with Crippen molar-refractivity contribution >= 4 is 28.3 Å². The number of hydrogen-bond donors (Lipinski definition) is 1. The Kier molecular flexibility index (Phi) is 4.35. The predicted molar refractivity (Wildman–Crippen MR) is 110 cm³/mol. The first-order valence-corrected chi connectivity index (χ1v) is 9.75. The van der Waals surface area contributed by atoms with Crippen LogP contribution < -0.4 is 10.1 Å². The fourth-order valence-corrected chi connectivity index (χ4v) is 3.52. The number of aromatic nitrogens is 3. The van der Waals surface area contributed by atoms with Crippen LogP contribution in [0.1, 0.15) is 24.3 Å². The van der Waals surface area contributed by atoms with Gasteiger partial charge in [-0.3, -0.25) is 4.79 Å². The van der Waals surface area contributed by atoms with Gasteiger partial charge in [0.2, 0.25) is 11.8 Å². The first-order chi connectivity index (χ1) is 14.2. The molecule has 7 nitrogen and oxygen atoms in total. The molecule has 1 N–H and O–H groups in total. The molecule has 1 aromatic carbocycles. The number of carbonyl (C=O) groups is 1. The number of carbonyl (C=O) groups excluding carboxylic acids is 1. The molecule has 0 spiro atoms. The van der Waals surface area contributed by atoms with E-state index in [0.29, 0.717) is 30.7 Å². The highest BCUT2D eigenvalue weighted by molar-refractivity contribution is 5.90. The van der Waals surface area contributed by atoms with Crippen LogP contribution in [-0.4, -0.2) is 45.0 Å². The first-order valence-electron chi connectivity index (χ1n) is 9.75. The summed E-state index contributed by atoms with van der Waals surface area (Å²) in [6.45, 7) is 4.58. The van der Waals surface area contributed by atoms with Crippen molar-refractivity contribution in [2.45, 2.75) is 24.9 Å². The van der Waals surface area contributed by atoms with Gasteiger partial charge in [0.1, 0.15) is 18.2 Å². The molecule has 1 saturated heterocycles. The third-order valence-electron chi connectivity index (χ3n) is 5.32. The zero-order chi connectivity index (χ0) is 19.8. The fraction of sp³-hybridized carbons (Fsp3) is 0.273. The van der Waals surface area contributed by atoms with Crippen molar-refractivity contribution < 1.29 is 9.53 Å². The molecule has 1 aliphatic carbocycles. The minimum Gasteiger partial charge on any atom is -0.471 e. The summed E-state index contributed by atoms with van der Waals surface area (Å²) in [5.41, 5.74) is 3.11. The Morgan fingerprint density at radius 2 is 2.07 bits per heavy atom. The van der Waals surface area contributed by atoms with Crippen molar-refractivity contribution in [1.82, 2.24) is 19.9 Å². The van der Waals surface area contributed by atoms with E-state index in [1.54, 1.807) is 11.1 Å². The number of anilines is 2. The molecule has 2 aromatic heterocycles. The number of ether oxygens (including phenoxy) is 1. The van der Waals surface area contributed by atoms with E-state index >= 15 is 0 Å². The number of nitrogens with zero attached hydrogens (tertiary/aromatic N) is 4. The maximum atomic E-state index is 11.6. The maximum absolute atomic E-state index is 11.6. The van der Waals surface area contributed by atoms with Gasteiger partial charge < -0.3 is 15.0 Å². The van der Waals surface area contributed by atoms with Crippen LogP contribution in [0, 0.1) is 0 Å². The van der Waals surface area contributed by atoms with Gasteiger partial charge in [-0.2, -0.15) is 0 Å². The van der Waals surface area contributed by atoms with Crippen LogP contribution in [0.25, 0.3) is 10.9 Å². The molecular formula is C22H21N5O2. The SMILES string of the molecule is C=CC(=O)N1CC(Oc2cc3c(Nc4cccc(C5CC5)c4)ncnc3cn2)C1. The summed E-state index contributed by atoms with van der Waals surface area (Å²) in [5, 5.41) is 4.25. The molecule has 5 rings (SSSR count). The Bertz CT molecular complexity index is 1090. The molecule has 3 heterocycles. The molecule has 29 heavy (non-hydrogen) atoms. The number of rotatable bonds is 6. The number of amides is 1. The Hall–Kier alpha value is -3.48. The molecule has 2 fully saturated rings. The van der Waals surface area contributed by atoms with Crippen LogP contribution in [-0.2, 0) is 4.79 Å². The number of fused-ring (bicyclic) bond motifs is 1. The highest BCUT2D eigenvalue weighted by atomic mass is 16.5. The second kappa shape index (κ2) is 7.16. The quantitative estimate of drug-likeness (QED) is 0.653. The van der Waals surface area contributed by atoms with E-state index in [1.165, 1.54) is 30.8 Å². The third-order valence-corrected chi connectivity index (χ3v) is 5.32. The summed E-state index contributed by atoms with van der Waals surface area (Å²) in [4.78, 5) is 26.3. The van der Waals surface area contributed by atoms with Crippen molar-refractivity contribution in [3.05, 3.63) is 61.1 Å². The maximum Gasteiger partial charge on any atom is 0.246 e. The van der Waals surface area contributed by atoms with Gasteiger partial charge in [0, 0.05) is 17.1 Å². The summed E-state index contributed by atoms with van der Waals surface area (Å²) < 4.78 is 5.92. The van der Waals surface area contributed by atoms with E-state index in [9.17, 15) is 4.79 Å². The monoisotopic (exact) mass is 387 g/mol. The standard InChI is InChI=1S/C22H21N5O2/c1-2-21(28)27-11-17(12-27)29-20-9-18-19(10-23-20)24-13-25-22(18)26-16-5-3-4-15(8-16)14-6-7-14/h2-5,8-10,13-14,17H,1,6-7,11-12H2,(H,24,25,26). The van der Waals surface area contributed by atoms with E-state index in [1.807, 2.05) is 12.1 Å². The summed E-state index contributed by atoms with van der Waals surface area (Å²) in [5.74, 6) is 1.83. The fourth-order valence-electron chi connectivity index (χ4n) is 3.52. The number of hydrogen-bond acceptors (Lipinski definition) is 6. The Morgan fingerprint density at radius 3 is 2.86 bits per heavy atom. The molecule has 0 unspecified atom stereocenters. The largest absolute Gasteiger partial charge is 0.471 e. The summed E-state index contributed by atoms with van der Waals surface area (Å²) in [7, 11) is 0. The highest BCUT2D eigenvalue weighted by Gasteiger charge is 2.31. The third kappa shape index (κ3) is 3.63. The van der Waals surface area contributed by atoms with Crippen molar-refractivity contribution in [3.8, 4) is 5.88 Å². The summed E-state index contributed by atoms with van der Waals surface area (Å²) >= 11 is 0. The van der Waals surface area contributed by atoms with E-state index in [4.69, 9.17) is 4.74 Å². The van der Waals surface area contributed by atoms with Gasteiger partial charge in [0.25, 0.3) is 0 Å². The predicted octanol–water partition coefficient (Wildman–Crippen LogP) is 3.42. The smallest absolute Gasteiger partial charge is 0.246 e. The topological polar surface area (TPSA) is 80.2 Å². The van der Waals surface area contributed by atoms with E-state index in [0.717, 1.165) is 16.6 Å². The van der Waals surface area contributed by atoms with Gasteiger partial charge in [0.05, 0.1) is 24.8 Å². The molecular weight excluding hydrogens is 366 g/mol. The van der Waals surface area contributed by atoms with Crippen molar-refractivity contribution in [2.24, 2.45) is 0 Å². The second-order valence-corrected chi connectivity index (χ2v) is 7.47. The molecule has 0 atom stereocenters. The average Bonchev–Trinajstić information content (AvgIpc) is 3.56. The average molecular weight is 387 g/mol. The number of benzene rings is 1. The molecule has 0 radical (unpaired) electrons. The molecule has 146 valence electrons. The van der Waals surface area contributed by atoms with Gasteiger partial charge >= 0.3 is 0 Å². The molecule has 7 heteroatoms. The van der Waals surface area contributed by atoms with E-state index in [2.05, 4.69) is 45.0 Å². The van der Waals surface area contributed by atoms with Gasteiger partial charge in [-0.25, -0.2) is 15.0 Å². The highest BCUT2D eigenvalue weighted by Crippen LogP contribution is 2.41. The first kappa shape index (κ1) is 17.6. The number of nitrogens with one attached hydrogen (secondary N) is 1. The van der Waals surface area contributed by atoms with Gasteiger partial charge in [-0.05, 0) is 42.5 Å². The van der Waals surface area contributed by atoms with Gasteiger partial charge in [-0.15, -0.1) is 0 Å². The van der Waals surface area contributed by atoms with Crippen molar-refractivity contribution in [1.29, 1.82) is 0 Å². The number of pyridine rings is 1. The lowest BCUT2D eigenvalue weighted by Gasteiger charge is -2.37. The van der Waals surface area contributed by atoms with Crippen LogP contribution in [0.2, 0.25) is 0 Å². The lowest BCUT2D eigenvalue weighted by molar-refractivity contribution is -0.134. The van der Waals surface area contributed by atoms with Gasteiger partial charge in [0.15, 0.2) is 0 Å². The molecule has 0 bridgehead atoms. The Labute approximate surface area is 168 Å². The number of likely N-dealkylation sites (tertiary alicyclic amines) is 1. The van der Waals surface area contributed by atoms with Crippen LogP contribution in [0.15, 0.2) is 55.5 Å². The van der Waals surface area contributed by atoms with Gasteiger partial charge in [-0.1, -0.05) is 18.7 Å². The molecule has 1 saturated carbocycles. The zero-order valence-electron chi connectivity index (χ0n) is 15.9. The Morgan fingerprint density at radius 1 is 1.21 bits per heavy atom. The normalized spacial score (nSPS) is 16.3. The van der Waals surface area contributed by atoms with Crippen LogP contribution in [0.4, 0.5) is 11.5 Å². The van der Waals surface area contributed by atoms with Crippen molar-refractivity contribution in [2.75, 3.05) is 18.4 Å². The Balaban J connectivity index is 1.36.